The topological polar surface area (TPSA) is 58.6 Å². The van der Waals surface area contributed by atoms with Gasteiger partial charge in [-0.3, -0.25) is 14.5 Å². The van der Waals surface area contributed by atoms with Crippen molar-refractivity contribution in [2.45, 2.75) is 45.1 Å². The summed E-state index contributed by atoms with van der Waals surface area (Å²) in [6.07, 6.45) is 4.18. The third-order valence-electron chi connectivity index (χ3n) is 5.77. The van der Waals surface area contributed by atoms with Gasteiger partial charge in [0.2, 0.25) is 11.8 Å². The summed E-state index contributed by atoms with van der Waals surface area (Å²) in [5.41, 5.74) is 4.85. The van der Waals surface area contributed by atoms with Gasteiger partial charge in [-0.2, -0.15) is 0 Å². The van der Waals surface area contributed by atoms with Gasteiger partial charge in [0, 0.05) is 37.4 Å². The first kappa shape index (κ1) is 20.9. The van der Waals surface area contributed by atoms with Crippen molar-refractivity contribution in [2.24, 2.45) is 0 Å². The molecule has 0 unspecified atom stereocenters. The van der Waals surface area contributed by atoms with Crippen LogP contribution in [0.1, 0.15) is 41.5 Å². The first-order valence-electron chi connectivity index (χ1n) is 10.7. The highest BCUT2D eigenvalue weighted by Crippen LogP contribution is 2.26. The smallest absolute Gasteiger partial charge is 0.229 e. The highest BCUT2D eigenvalue weighted by atomic mass is 35.5. The van der Waals surface area contributed by atoms with Crippen molar-refractivity contribution >= 4 is 23.4 Å². The molecular weight excluding hydrogens is 400 g/mol. The molecule has 0 saturated carbocycles. The second-order valence-corrected chi connectivity index (χ2v) is 8.34. The van der Waals surface area contributed by atoms with Crippen molar-refractivity contribution in [3.63, 3.8) is 0 Å². The van der Waals surface area contributed by atoms with Gasteiger partial charge in [0.15, 0.2) is 0 Å². The molecule has 2 amide bonds. The number of halogens is 1. The number of aryl methyl sites for hydroxylation is 1. The molecule has 1 saturated heterocycles. The number of benzene rings is 2. The summed E-state index contributed by atoms with van der Waals surface area (Å²) in [4.78, 5) is 24.7. The summed E-state index contributed by atoms with van der Waals surface area (Å²) < 4.78 is 5.56. The Kier molecular flexibility index (Phi) is 6.70. The van der Waals surface area contributed by atoms with E-state index in [9.17, 15) is 9.59 Å². The lowest BCUT2D eigenvalue weighted by Gasteiger charge is -2.14. The molecule has 2 aliphatic heterocycles. The number of carbonyl (C=O) groups excluding carboxylic acids is 2. The maximum absolute atomic E-state index is 11.7. The Morgan fingerprint density at radius 1 is 0.967 bits per heavy atom. The lowest BCUT2D eigenvalue weighted by atomic mass is 10.1. The lowest BCUT2D eigenvalue weighted by molar-refractivity contribution is -0.138. The first-order valence-corrected chi connectivity index (χ1v) is 11.0. The predicted octanol–water partition coefficient (Wildman–Crippen LogP) is 3.69. The Morgan fingerprint density at radius 2 is 1.77 bits per heavy atom. The fourth-order valence-electron chi connectivity index (χ4n) is 4.06. The molecule has 158 valence electrons. The van der Waals surface area contributed by atoms with Crippen molar-refractivity contribution in [3.05, 3.63) is 63.7 Å². The van der Waals surface area contributed by atoms with E-state index in [2.05, 4.69) is 29.6 Å². The highest BCUT2D eigenvalue weighted by molar-refractivity contribution is 6.31. The Morgan fingerprint density at radius 3 is 2.57 bits per heavy atom. The molecule has 0 bridgehead atoms. The molecule has 0 radical (unpaired) electrons. The van der Waals surface area contributed by atoms with E-state index in [0.717, 1.165) is 67.3 Å². The molecule has 4 rings (SSSR count). The minimum absolute atomic E-state index is 0.0549. The summed E-state index contributed by atoms with van der Waals surface area (Å²) in [5, 5.41) is 4.23. The van der Waals surface area contributed by atoms with E-state index >= 15 is 0 Å². The van der Waals surface area contributed by atoms with Gasteiger partial charge in [0.25, 0.3) is 0 Å². The van der Waals surface area contributed by atoms with E-state index in [0.29, 0.717) is 19.4 Å². The van der Waals surface area contributed by atoms with Gasteiger partial charge >= 0.3 is 0 Å². The summed E-state index contributed by atoms with van der Waals surface area (Å²) in [5.74, 6) is 0.918. The van der Waals surface area contributed by atoms with E-state index in [1.165, 1.54) is 16.0 Å². The largest absolute Gasteiger partial charge is 0.493 e. The minimum atomic E-state index is -0.0549. The summed E-state index contributed by atoms with van der Waals surface area (Å²) in [6, 6.07) is 12.6. The second kappa shape index (κ2) is 9.63. The van der Waals surface area contributed by atoms with Gasteiger partial charge in [-0.15, -0.1) is 0 Å². The van der Waals surface area contributed by atoms with Crippen molar-refractivity contribution in [1.29, 1.82) is 0 Å². The van der Waals surface area contributed by atoms with Crippen LogP contribution in [0.2, 0.25) is 5.02 Å². The Labute approximate surface area is 182 Å². The van der Waals surface area contributed by atoms with Crippen LogP contribution >= 0.6 is 11.6 Å². The van der Waals surface area contributed by atoms with Crippen LogP contribution < -0.4 is 10.1 Å². The number of imide groups is 1. The Hall–Kier alpha value is -2.37. The fraction of sp³-hybridized carbons (Fsp3) is 0.417. The number of amides is 2. The molecule has 6 heteroatoms. The standard InChI is InChI=1S/C24H27ClN2O3/c25-21-15-18(3-5-19(21)2-1-12-27-23(28)7-8-24(27)29)16-26-11-9-17-4-6-22-20(14-17)10-13-30-22/h3-6,14-15,26H,1-2,7-13,16H2. The number of nitrogens with zero attached hydrogens (tertiary/aromatic N) is 1. The molecule has 0 aromatic heterocycles. The summed E-state index contributed by atoms with van der Waals surface area (Å²) in [7, 11) is 0. The van der Waals surface area contributed by atoms with Crippen molar-refractivity contribution in [1.82, 2.24) is 10.2 Å². The van der Waals surface area contributed by atoms with Crippen LogP contribution in [0.5, 0.6) is 5.75 Å². The van der Waals surface area contributed by atoms with Gasteiger partial charge < -0.3 is 10.1 Å². The van der Waals surface area contributed by atoms with Crippen molar-refractivity contribution in [2.75, 3.05) is 19.7 Å². The number of ether oxygens (including phenoxy) is 1. The molecule has 0 aliphatic carbocycles. The minimum Gasteiger partial charge on any atom is -0.493 e. The third kappa shape index (κ3) is 5.02. The van der Waals surface area contributed by atoms with Crippen LogP contribution in [-0.4, -0.2) is 36.4 Å². The van der Waals surface area contributed by atoms with Crippen LogP contribution in [0.25, 0.3) is 0 Å². The predicted molar refractivity (Wildman–Crippen MR) is 117 cm³/mol. The molecule has 5 nitrogen and oxygen atoms in total. The molecule has 2 aliphatic rings. The number of hydrogen-bond acceptors (Lipinski definition) is 4. The van der Waals surface area contributed by atoms with Crippen LogP contribution in [0.3, 0.4) is 0 Å². The Bertz CT molecular complexity index is 928. The SMILES string of the molecule is O=C1CCC(=O)N1CCCc1ccc(CNCCc2ccc3c(c2)CCO3)cc1Cl. The van der Waals surface area contributed by atoms with Gasteiger partial charge in [0.05, 0.1) is 6.61 Å². The van der Waals surface area contributed by atoms with Crippen LogP contribution in [-0.2, 0) is 35.4 Å². The quantitative estimate of drug-likeness (QED) is 0.490. The number of rotatable bonds is 9. The molecule has 0 atom stereocenters. The zero-order chi connectivity index (χ0) is 20.9. The number of hydrogen-bond donors (Lipinski definition) is 1. The maximum atomic E-state index is 11.7. The summed E-state index contributed by atoms with van der Waals surface area (Å²) >= 11 is 6.46. The Balaban J connectivity index is 1.20. The number of fused-ring (bicyclic) bond motifs is 1. The monoisotopic (exact) mass is 426 g/mol. The highest BCUT2D eigenvalue weighted by Gasteiger charge is 2.27. The van der Waals surface area contributed by atoms with Crippen LogP contribution in [0, 0.1) is 0 Å². The first-order chi connectivity index (χ1) is 14.6. The van der Waals surface area contributed by atoms with E-state index in [1.54, 1.807) is 0 Å². The van der Waals surface area contributed by atoms with E-state index < -0.39 is 0 Å². The van der Waals surface area contributed by atoms with E-state index in [4.69, 9.17) is 16.3 Å². The van der Waals surface area contributed by atoms with Gasteiger partial charge in [0.1, 0.15) is 5.75 Å². The summed E-state index contributed by atoms with van der Waals surface area (Å²) in [6.45, 7) is 2.94. The number of nitrogens with one attached hydrogen (secondary N) is 1. The van der Waals surface area contributed by atoms with E-state index in [1.807, 2.05) is 12.1 Å². The molecular formula is C24H27ClN2O3. The zero-order valence-corrected chi connectivity index (χ0v) is 17.8. The van der Waals surface area contributed by atoms with Gasteiger partial charge in [-0.05, 0) is 60.2 Å². The second-order valence-electron chi connectivity index (χ2n) is 7.94. The average Bonchev–Trinajstić information content (AvgIpc) is 3.33. The molecule has 1 fully saturated rings. The van der Waals surface area contributed by atoms with E-state index in [-0.39, 0.29) is 11.8 Å². The zero-order valence-electron chi connectivity index (χ0n) is 17.1. The van der Waals surface area contributed by atoms with Crippen molar-refractivity contribution < 1.29 is 14.3 Å². The molecule has 30 heavy (non-hydrogen) atoms. The van der Waals surface area contributed by atoms with Crippen molar-refractivity contribution in [3.8, 4) is 5.75 Å². The average molecular weight is 427 g/mol. The maximum Gasteiger partial charge on any atom is 0.229 e. The van der Waals surface area contributed by atoms with Gasteiger partial charge in [-0.1, -0.05) is 35.9 Å². The third-order valence-corrected chi connectivity index (χ3v) is 6.13. The number of likely N-dealkylation sites (tertiary alicyclic amines) is 1. The molecule has 1 N–H and O–H groups in total. The fourth-order valence-corrected chi connectivity index (χ4v) is 4.36. The molecule has 0 spiro atoms. The normalized spacial score (nSPS) is 15.6. The van der Waals surface area contributed by atoms with Gasteiger partial charge in [-0.25, -0.2) is 0 Å². The van der Waals surface area contributed by atoms with Crippen LogP contribution in [0.15, 0.2) is 36.4 Å². The molecule has 2 aromatic rings. The molecule has 2 heterocycles. The lowest BCUT2D eigenvalue weighted by Crippen LogP contribution is -2.30. The van der Waals surface area contributed by atoms with Crippen LogP contribution in [0.4, 0.5) is 0 Å². The molecule has 2 aromatic carbocycles. The number of carbonyl (C=O) groups is 2.